The van der Waals surface area contributed by atoms with E-state index in [2.05, 4.69) is 10.2 Å². The first kappa shape index (κ1) is 22.2. The normalized spacial score (nSPS) is 14.5. The minimum absolute atomic E-state index is 0.211. The fourth-order valence-electron chi connectivity index (χ4n) is 4.61. The van der Waals surface area contributed by atoms with E-state index >= 15 is 0 Å². The average molecular weight is 459 g/mol. The number of piperidine rings is 1. The van der Waals surface area contributed by atoms with Gasteiger partial charge in [0.15, 0.2) is 5.65 Å². The monoisotopic (exact) mass is 458 g/mol. The molecule has 3 heterocycles. The fourth-order valence-corrected chi connectivity index (χ4v) is 4.61. The number of nitrogens with two attached hydrogens (primary N) is 1. The number of carbonyl (C=O) groups is 1. The third-order valence-corrected chi connectivity index (χ3v) is 6.48. The molecule has 1 aliphatic heterocycles. The summed E-state index contributed by atoms with van der Waals surface area (Å²) in [5, 5.41) is 3.06. The molecule has 176 valence electrons. The minimum atomic E-state index is -0.211. The lowest BCUT2D eigenvalue weighted by Crippen LogP contribution is -2.37. The predicted octanol–water partition coefficient (Wildman–Crippen LogP) is 3.44. The van der Waals surface area contributed by atoms with Crippen LogP contribution in [0.25, 0.3) is 22.2 Å². The Morgan fingerprint density at radius 1 is 1.03 bits per heavy atom. The van der Waals surface area contributed by atoms with Gasteiger partial charge in [-0.3, -0.25) is 4.79 Å². The zero-order valence-electron chi connectivity index (χ0n) is 19.5. The van der Waals surface area contributed by atoms with E-state index in [9.17, 15) is 4.79 Å². The van der Waals surface area contributed by atoms with E-state index in [1.54, 1.807) is 7.11 Å². The van der Waals surface area contributed by atoms with Gasteiger partial charge in [0.05, 0.1) is 24.7 Å². The maximum atomic E-state index is 13.3. The molecule has 0 aliphatic carbocycles. The number of likely N-dealkylation sites (tertiary alicyclic amines) is 1. The largest absolute Gasteiger partial charge is 0.497 e. The molecule has 1 saturated heterocycles. The molecule has 2 aromatic heterocycles. The second-order valence-electron chi connectivity index (χ2n) is 8.74. The van der Waals surface area contributed by atoms with Gasteiger partial charge in [0.25, 0.3) is 5.91 Å². The van der Waals surface area contributed by atoms with Gasteiger partial charge in [-0.2, -0.15) is 0 Å². The van der Waals surface area contributed by atoms with Crippen molar-refractivity contribution in [1.29, 1.82) is 0 Å². The van der Waals surface area contributed by atoms with Crippen molar-refractivity contribution >= 4 is 33.9 Å². The molecule has 3 N–H and O–H groups in total. The van der Waals surface area contributed by atoms with Crippen LogP contribution in [-0.2, 0) is 6.54 Å². The summed E-state index contributed by atoms with van der Waals surface area (Å²) in [6.45, 7) is 4.07. The molecular formula is C26H30N6O2. The van der Waals surface area contributed by atoms with E-state index in [-0.39, 0.29) is 5.91 Å². The number of hydrogen-bond acceptors (Lipinski definition) is 6. The zero-order valence-corrected chi connectivity index (χ0v) is 19.5. The fraction of sp³-hybridized carbons (Fsp3) is 0.346. The standard InChI is InChI=1S/C26H30N6O2/c1-34-19-11-9-18(10-12-19)17-32-24(27)22(26(33)28-13-16-31-14-5-2-6-15-31)23-25(32)30-21-8-4-3-7-20(21)29-23/h3-4,7-12H,2,5-6,13-17,27H2,1H3,(H,28,33). The highest BCUT2D eigenvalue weighted by molar-refractivity contribution is 6.10. The molecular weight excluding hydrogens is 428 g/mol. The topological polar surface area (TPSA) is 98.3 Å². The summed E-state index contributed by atoms with van der Waals surface area (Å²) in [5.41, 5.74) is 10.6. The number of methoxy groups -OCH3 is 1. The van der Waals surface area contributed by atoms with Gasteiger partial charge in [-0.1, -0.05) is 30.7 Å². The summed E-state index contributed by atoms with van der Waals surface area (Å²) in [7, 11) is 1.64. The third-order valence-electron chi connectivity index (χ3n) is 6.48. The van der Waals surface area contributed by atoms with Crippen molar-refractivity contribution in [2.45, 2.75) is 25.8 Å². The molecule has 1 amide bonds. The van der Waals surface area contributed by atoms with Gasteiger partial charge in [-0.05, 0) is 55.8 Å². The summed E-state index contributed by atoms with van der Waals surface area (Å²) in [5.74, 6) is 0.947. The van der Waals surface area contributed by atoms with Gasteiger partial charge in [0.2, 0.25) is 0 Å². The Balaban J connectivity index is 1.48. The summed E-state index contributed by atoms with van der Waals surface area (Å²) < 4.78 is 7.14. The first-order chi connectivity index (χ1) is 16.6. The maximum absolute atomic E-state index is 13.3. The first-order valence-electron chi connectivity index (χ1n) is 11.8. The number of nitrogens with one attached hydrogen (secondary N) is 1. The lowest BCUT2D eigenvalue weighted by atomic mass is 10.1. The molecule has 2 aromatic carbocycles. The molecule has 34 heavy (non-hydrogen) atoms. The highest BCUT2D eigenvalue weighted by Crippen LogP contribution is 2.29. The summed E-state index contributed by atoms with van der Waals surface area (Å²) >= 11 is 0. The van der Waals surface area contributed by atoms with Crippen LogP contribution in [0.15, 0.2) is 48.5 Å². The Hall–Kier alpha value is -3.65. The van der Waals surface area contributed by atoms with E-state index in [1.807, 2.05) is 53.1 Å². The molecule has 0 radical (unpaired) electrons. The number of fused-ring (bicyclic) bond motifs is 2. The number of para-hydroxylation sites is 2. The van der Waals surface area contributed by atoms with Crippen LogP contribution in [0.3, 0.4) is 0 Å². The molecule has 0 unspecified atom stereocenters. The summed E-state index contributed by atoms with van der Waals surface area (Å²) in [4.78, 5) is 25.3. The van der Waals surface area contributed by atoms with E-state index in [1.165, 1.54) is 19.3 Å². The number of rotatable bonds is 7. The van der Waals surface area contributed by atoms with Gasteiger partial charge in [-0.15, -0.1) is 0 Å². The van der Waals surface area contributed by atoms with Crippen LogP contribution >= 0.6 is 0 Å². The van der Waals surface area contributed by atoms with Gasteiger partial charge in [-0.25, -0.2) is 9.97 Å². The van der Waals surface area contributed by atoms with Gasteiger partial charge in [0.1, 0.15) is 22.6 Å². The van der Waals surface area contributed by atoms with Crippen LogP contribution in [-0.4, -0.2) is 58.6 Å². The Kier molecular flexibility index (Phi) is 6.31. The number of aromatic nitrogens is 3. The van der Waals surface area contributed by atoms with Crippen molar-refractivity contribution in [2.24, 2.45) is 0 Å². The summed E-state index contributed by atoms with van der Waals surface area (Å²) in [6.07, 6.45) is 3.74. The van der Waals surface area contributed by atoms with Crippen molar-refractivity contribution in [2.75, 3.05) is 39.0 Å². The number of nitrogens with zero attached hydrogens (tertiary/aromatic N) is 4. The van der Waals surface area contributed by atoms with Gasteiger partial charge < -0.3 is 25.3 Å². The second-order valence-corrected chi connectivity index (χ2v) is 8.74. The van der Waals surface area contributed by atoms with Crippen molar-refractivity contribution in [3.8, 4) is 5.75 Å². The average Bonchev–Trinajstić information content (AvgIpc) is 3.13. The van der Waals surface area contributed by atoms with Crippen LogP contribution in [0.5, 0.6) is 5.75 Å². The van der Waals surface area contributed by atoms with Gasteiger partial charge in [0, 0.05) is 13.1 Å². The van der Waals surface area contributed by atoms with Crippen LogP contribution < -0.4 is 15.8 Å². The number of benzene rings is 2. The van der Waals surface area contributed by atoms with Crippen molar-refractivity contribution in [1.82, 2.24) is 24.8 Å². The molecule has 8 nitrogen and oxygen atoms in total. The van der Waals surface area contributed by atoms with Crippen LogP contribution in [0.1, 0.15) is 35.2 Å². The number of hydrogen-bond donors (Lipinski definition) is 2. The van der Waals surface area contributed by atoms with E-state index in [0.717, 1.165) is 42.0 Å². The lowest BCUT2D eigenvalue weighted by molar-refractivity contribution is 0.0949. The molecule has 1 fully saturated rings. The SMILES string of the molecule is COc1ccc(Cn2c(N)c(C(=O)NCCN3CCCCC3)c3nc4ccccc4nc32)cc1. The molecule has 8 heteroatoms. The van der Waals surface area contributed by atoms with E-state index in [0.29, 0.717) is 35.6 Å². The van der Waals surface area contributed by atoms with Crippen molar-refractivity contribution < 1.29 is 9.53 Å². The number of ether oxygens (including phenoxy) is 1. The Morgan fingerprint density at radius 2 is 1.74 bits per heavy atom. The van der Waals surface area contributed by atoms with Crippen LogP contribution in [0.4, 0.5) is 5.82 Å². The molecule has 0 spiro atoms. The summed E-state index contributed by atoms with van der Waals surface area (Å²) in [6, 6.07) is 15.4. The predicted molar refractivity (Wildman–Crippen MR) is 134 cm³/mol. The molecule has 4 aromatic rings. The van der Waals surface area contributed by atoms with E-state index < -0.39 is 0 Å². The first-order valence-corrected chi connectivity index (χ1v) is 11.8. The molecule has 0 atom stereocenters. The molecule has 0 bridgehead atoms. The van der Waals surface area contributed by atoms with Crippen molar-refractivity contribution in [3.63, 3.8) is 0 Å². The smallest absolute Gasteiger partial charge is 0.257 e. The molecule has 5 rings (SSSR count). The number of nitrogen functional groups attached to an aromatic ring is 1. The van der Waals surface area contributed by atoms with Crippen molar-refractivity contribution in [3.05, 3.63) is 59.7 Å². The van der Waals surface area contributed by atoms with Crippen LogP contribution in [0.2, 0.25) is 0 Å². The zero-order chi connectivity index (χ0) is 23.5. The number of carbonyl (C=O) groups excluding carboxylic acids is 1. The number of anilines is 1. The number of amides is 1. The molecule has 1 aliphatic rings. The Labute approximate surface area is 198 Å². The minimum Gasteiger partial charge on any atom is -0.497 e. The Bertz CT molecular complexity index is 1310. The Morgan fingerprint density at radius 3 is 2.44 bits per heavy atom. The highest BCUT2D eigenvalue weighted by atomic mass is 16.5. The highest BCUT2D eigenvalue weighted by Gasteiger charge is 2.24. The second kappa shape index (κ2) is 9.69. The van der Waals surface area contributed by atoms with Crippen LogP contribution in [0, 0.1) is 0 Å². The molecule has 0 saturated carbocycles. The van der Waals surface area contributed by atoms with Gasteiger partial charge >= 0.3 is 0 Å². The third kappa shape index (κ3) is 4.41. The quantitative estimate of drug-likeness (QED) is 0.440. The van der Waals surface area contributed by atoms with E-state index in [4.69, 9.17) is 20.4 Å². The maximum Gasteiger partial charge on any atom is 0.257 e. The lowest BCUT2D eigenvalue weighted by Gasteiger charge is -2.26.